The molecular weight excluding hydrogens is 198 g/mol. The first kappa shape index (κ1) is 13.9. The number of nitrogens with one attached hydrogen (secondary N) is 1. The summed E-state index contributed by atoms with van der Waals surface area (Å²) in [6, 6.07) is 0. The molecule has 1 aliphatic heterocycles. The van der Waals surface area contributed by atoms with Crippen molar-refractivity contribution >= 4 is 0 Å². The van der Waals surface area contributed by atoms with E-state index in [4.69, 9.17) is 0 Å². The van der Waals surface area contributed by atoms with E-state index in [0.717, 1.165) is 24.9 Å². The molecule has 1 aliphatic rings. The highest BCUT2D eigenvalue weighted by atomic mass is 15.1. The van der Waals surface area contributed by atoms with E-state index in [-0.39, 0.29) is 0 Å². The van der Waals surface area contributed by atoms with Crippen LogP contribution in [-0.4, -0.2) is 63.2 Å². The average Bonchev–Trinajstić information content (AvgIpc) is 2.60. The molecule has 0 bridgehead atoms. The summed E-state index contributed by atoms with van der Waals surface area (Å²) in [7, 11) is 4.49. The summed E-state index contributed by atoms with van der Waals surface area (Å²) >= 11 is 0. The summed E-state index contributed by atoms with van der Waals surface area (Å²) in [4.78, 5) is 4.95. The lowest BCUT2D eigenvalue weighted by molar-refractivity contribution is 0.241. The van der Waals surface area contributed by atoms with Crippen molar-refractivity contribution in [2.24, 2.45) is 11.8 Å². The summed E-state index contributed by atoms with van der Waals surface area (Å²) in [6.45, 7) is 11.8. The van der Waals surface area contributed by atoms with Crippen molar-refractivity contribution in [3.63, 3.8) is 0 Å². The molecule has 1 fully saturated rings. The van der Waals surface area contributed by atoms with Crippen molar-refractivity contribution in [3.8, 4) is 0 Å². The van der Waals surface area contributed by atoms with E-state index in [9.17, 15) is 0 Å². The van der Waals surface area contributed by atoms with Gasteiger partial charge in [-0.3, -0.25) is 0 Å². The minimum Gasteiger partial charge on any atom is -0.317 e. The first-order valence-electron chi connectivity index (χ1n) is 6.69. The maximum Gasteiger partial charge on any atom is 0.00194 e. The van der Waals surface area contributed by atoms with Gasteiger partial charge in [0.15, 0.2) is 0 Å². The second kappa shape index (κ2) is 7.25. The maximum atomic E-state index is 3.42. The van der Waals surface area contributed by atoms with E-state index < -0.39 is 0 Å². The molecule has 0 aliphatic carbocycles. The predicted molar refractivity (Wildman–Crippen MR) is 70.8 cm³/mol. The Bertz CT molecular complexity index is 184. The van der Waals surface area contributed by atoms with Gasteiger partial charge in [0.05, 0.1) is 0 Å². The zero-order valence-corrected chi connectivity index (χ0v) is 11.5. The molecule has 2 atom stereocenters. The highest BCUT2D eigenvalue weighted by Gasteiger charge is 2.20. The van der Waals surface area contributed by atoms with Crippen molar-refractivity contribution in [2.75, 3.05) is 53.4 Å². The number of rotatable bonds is 7. The number of likely N-dealkylation sites (tertiary alicyclic amines) is 1. The molecule has 0 spiro atoms. The van der Waals surface area contributed by atoms with E-state index in [2.05, 4.69) is 43.1 Å². The molecule has 1 saturated heterocycles. The van der Waals surface area contributed by atoms with Crippen LogP contribution in [0.15, 0.2) is 0 Å². The lowest BCUT2D eigenvalue weighted by Gasteiger charge is -2.24. The minimum absolute atomic E-state index is 0.754. The Morgan fingerprint density at radius 3 is 2.81 bits per heavy atom. The molecule has 1 rings (SSSR count). The Labute approximate surface area is 101 Å². The van der Waals surface area contributed by atoms with Crippen molar-refractivity contribution in [3.05, 3.63) is 0 Å². The lowest BCUT2D eigenvalue weighted by atomic mass is 10.1. The Morgan fingerprint density at radius 2 is 2.25 bits per heavy atom. The predicted octanol–water partition coefficient (Wildman–Crippen LogP) is 1.12. The SMILES string of the molecule is CCNCC(C)CN(C)CC1CCN(C)C1. The number of hydrogen-bond donors (Lipinski definition) is 1. The molecule has 0 amide bonds. The number of hydrogen-bond acceptors (Lipinski definition) is 3. The summed E-state index contributed by atoms with van der Waals surface area (Å²) in [5, 5.41) is 3.42. The molecule has 0 aromatic rings. The fraction of sp³-hybridized carbons (Fsp3) is 1.00. The monoisotopic (exact) mass is 227 g/mol. The fourth-order valence-electron chi connectivity index (χ4n) is 2.68. The van der Waals surface area contributed by atoms with E-state index in [1.807, 2.05) is 0 Å². The van der Waals surface area contributed by atoms with Crippen molar-refractivity contribution in [1.29, 1.82) is 0 Å². The Kier molecular flexibility index (Phi) is 6.32. The van der Waals surface area contributed by atoms with Crippen LogP contribution in [0.25, 0.3) is 0 Å². The van der Waals surface area contributed by atoms with Crippen molar-refractivity contribution in [1.82, 2.24) is 15.1 Å². The molecule has 1 N–H and O–H groups in total. The molecule has 0 saturated carbocycles. The van der Waals surface area contributed by atoms with Crippen LogP contribution in [0, 0.1) is 11.8 Å². The van der Waals surface area contributed by atoms with Gasteiger partial charge in [-0.1, -0.05) is 13.8 Å². The van der Waals surface area contributed by atoms with Gasteiger partial charge >= 0.3 is 0 Å². The van der Waals surface area contributed by atoms with Gasteiger partial charge in [0, 0.05) is 19.6 Å². The molecule has 0 aromatic heterocycles. The Balaban J connectivity index is 2.12. The van der Waals surface area contributed by atoms with Crippen LogP contribution in [0.3, 0.4) is 0 Å². The summed E-state index contributed by atoms with van der Waals surface area (Å²) < 4.78 is 0. The van der Waals surface area contributed by atoms with Crippen LogP contribution in [0.5, 0.6) is 0 Å². The van der Waals surface area contributed by atoms with Gasteiger partial charge in [-0.05, 0) is 52.0 Å². The third-order valence-corrected chi connectivity index (χ3v) is 3.42. The second-order valence-corrected chi connectivity index (χ2v) is 5.55. The average molecular weight is 227 g/mol. The molecular formula is C13H29N3. The molecule has 0 aromatic carbocycles. The maximum absolute atomic E-state index is 3.42. The standard InChI is InChI=1S/C13H29N3/c1-5-14-8-12(2)9-16(4)11-13-6-7-15(3)10-13/h12-14H,5-11H2,1-4H3. The number of nitrogens with zero attached hydrogens (tertiary/aromatic N) is 2. The van der Waals surface area contributed by atoms with Crippen LogP contribution < -0.4 is 5.32 Å². The smallest absolute Gasteiger partial charge is 0.00194 e. The van der Waals surface area contributed by atoms with E-state index in [1.165, 1.54) is 32.6 Å². The van der Waals surface area contributed by atoms with Gasteiger partial charge in [0.2, 0.25) is 0 Å². The third-order valence-electron chi connectivity index (χ3n) is 3.42. The Morgan fingerprint density at radius 1 is 1.50 bits per heavy atom. The van der Waals surface area contributed by atoms with Crippen molar-refractivity contribution < 1.29 is 0 Å². The highest BCUT2D eigenvalue weighted by Crippen LogP contribution is 2.15. The van der Waals surface area contributed by atoms with Gasteiger partial charge in [-0.2, -0.15) is 0 Å². The molecule has 96 valence electrons. The van der Waals surface area contributed by atoms with Crippen LogP contribution in [0.4, 0.5) is 0 Å². The van der Waals surface area contributed by atoms with Crippen LogP contribution in [0.2, 0.25) is 0 Å². The van der Waals surface area contributed by atoms with Crippen LogP contribution >= 0.6 is 0 Å². The van der Waals surface area contributed by atoms with Gasteiger partial charge in [0.1, 0.15) is 0 Å². The zero-order valence-electron chi connectivity index (χ0n) is 11.5. The molecule has 1 heterocycles. The highest BCUT2D eigenvalue weighted by molar-refractivity contribution is 4.76. The largest absolute Gasteiger partial charge is 0.317 e. The van der Waals surface area contributed by atoms with E-state index in [1.54, 1.807) is 0 Å². The first-order chi connectivity index (χ1) is 7.61. The molecule has 2 unspecified atom stereocenters. The normalized spacial score (nSPS) is 24.2. The van der Waals surface area contributed by atoms with Gasteiger partial charge < -0.3 is 15.1 Å². The summed E-state index contributed by atoms with van der Waals surface area (Å²) in [5.74, 6) is 1.64. The van der Waals surface area contributed by atoms with Gasteiger partial charge in [0.25, 0.3) is 0 Å². The summed E-state index contributed by atoms with van der Waals surface area (Å²) in [6.07, 6.45) is 1.38. The van der Waals surface area contributed by atoms with E-state index in [0.29, 0.717) is 0 Å². The van der Waals surface area contributed by atoms with Gasteiger partial charge in [-0.25, -0.2) is 0 Å². The Hall–Kier alpha value is -0.120. The molecule has 0 radical (unpaired) electrons. The van der Waals surface area contributed by atoms with Crippen LogP contribution in [-0.2, 0) is 0 Å². The van der Waals surface area contributed by atoms with Crippen LogP contribution in [0.1, 0.15) is 20.3 Å². The van der Waals surface area contributed by atoms with E-state index >= 15 is 0 Å². The molecule has 3 nitrogen and oxygen atoms in total. The fourth-order valence-corrected chi connectivity index (χ4v) is 2.68. The lowest BCUT2D eigenvalue weighted by Crippen LogP contribution is -2.34. The first-order valence-corrected chi connectivity index (χ1v) is 6.69. The second-order valence-electron chi connectivity index (χ2n) is 5.55. The summed E-state index contributed by atoms with van der Waals surface area (Å²) in [5.41, 5.74) is 0. The zero-order chi connectivity index (χ0) is 12.0. The topological polar surface area (TPSA) is 18.5 Å². The quantitative estimate of drug-likeness (QED) is 0.703. The third kappa shape index (κ3) is 5.28. The van der Waals surface area contributed by atoms with Gasteiger partial charge in [-0.15, -0.1) is 0 Å². The molecule has 3 heteroatoms. The molecule has 16 heavy (non-hydrogen) atoms. The van der Waals surface area contributed by atoms with Crippen molar-refractivity contribution in [2.45, 2.75) is 20.3 Å². The minimum atomic E-state index is 0.754.